The maximum absolute atomic E-state index is 12.5. The zero-order valence-corrected chi connectivity index (χ0v) is 14.7. The van der Waals surface area contributed by atoms with E-state index in [0.717, 1.165) is 12.0 Å². The fraction of sp³-hybridized carbons (Fsp3) is 0.529. The van der Waals surface area contributed by atoms with Gasteiger partial charge in [-0.05, 0) is 31.2 Å². The average Bonchev–Trinajstić information content (AvgIpc) is 2.59. The molecule has 1 aliphatic rings. The van der Waals surface area contributed by atoms with E-state index in [1.165, 1.54) is 5.56 Å². The van der Waals surface area contributed by atoms with Gasteiger partial charge in [0.05, 0.1) is 0 Å². The molecule has 128 valence electrons. The van der Waals surface area contributed by atoms with Gasteiger partial charge in [0.1, 0.15) is 0 Å². The summed E-state index contributed by atoms with van der Waals surface area (Å²) in [5, 5.41) is 2.98. The molecule has 1 aromatic carbocycles. The Bertz CT molecular complexity index is 511. The van der Waals surface area contributed by atoms with E-state index in [4.69, 9.17) is 0 Å². The van der Waals surface area contributed by atoms with E-state index in [1.807, 2.05) is 41.1 Å². The van der Waals surface area contributed by atoms with Gasteiger partial charge in [-0.15, -0.1) is 12.4 Å². The quantitative estimate of drug-likeness (QED) is 0.886. The van der Waals surface area contributed by atoms with Gasteiger partial charge in [-0.2, -0.15) is 0 Å². The number of aryl methyl sites for hydroxylation is 1. The molecule has 5 nitrogen and oxygen atoms in total. The molecule has 2 amide bonds. The van der Waals surface area contributed by atoms with Crippen molar-refractivity contribution < 1.29 is 9.59 Å². The van der Waals surface area contributed by atoms with E-state index in [9.17, 15) is 9.59 Å². The Morgan fingerprint density at radius 3 is 2.13 bits per heavy atom. The average molecular weight is 340 g/mol. The van der Waals surface area contributed by atoms with Crippen molar-refractivity contribution in [2.45, 2.75) is 19.8 Å². The number of halogens is 1. The minimum absolute atomic E-state index is 0. The number of nitrogens with one attached hydrogen (secondary N) is 1. The lowest BCUT2D eigenvalue weighted by atomic mass is 10.1. The highest BCUT2D eigenvalue weighted by atomic mass is 35.5. The predicted octanol–water partition coefficient (Wildman–Crippen LogP) is 1.56. The van der Waals surface area contributed by atoms with Crippen molar-refractivity contribution in [1.82, 2.24) is 15.1 Å². The first-order valence-corrected chi connectivity index (χ1v) is 7.96. The summed E-state index contributed by atoms with van der Waals surface area (Å²) in [6.45, 7) is 5.27. The van der Waals surface area contributed by atoms with Crippen LogP contribution >= 0.6 is 12.4 Å². The van der Waals surface area contributed by atoms with Gasteiger partial charge < -0.3 is 15.1 Å². The molecule has 1 heterocycles. The van der Waals surface area contributed by atoms with Crippen molar-refractivity contribution in [3.8, 4) is 0 Å². The molecular weight excluding hydrogens is 314 g/mol. The molecule has 23 heavy (non-hydrogen) atoms. The largest absolute Gasteiger partial charge is 0.339 e. The Kier molecular flexibility index (Phi) is 8.06. The van der Waals surface area contributed by atoms with Gasteiger partial charge in [0.25, 0.3) is 5.91 Å². The Morgan fingerprint density at radius 1 is 1.04 bits per heavy atom. The van der Waals surface area contributed by atoms with Gasteiger partial charge in [0, 0.05) is 44.7 Å². The SMILES string of the molecule is CCc1ccc(C(=O)N2CCN(C(=O)CCNC)CC2)cc1.Cl. The molecule has 0 bridgehead atoms. The molecule has 0 aliphatic carbocycles. The Balaban J connectivity index is 0.00000264. The van der Waals surface area contributed by atoms with Crippen LogP contribution < -0.4 is 5.32 Å². The van der Waals surface area contributed by atoms with E-state index in [2.05, 4.69) is 12.2 Å². The van der Waals surface area contributed by atoms with Gasteiger partial charge in [0.15, 0.2) is 0 Å². The minimum atomic E-state index is 0. The normalized spacial score (nSPS) is 14.3. The molecule has 2 rings (SSSR count). The topological polar surface area (TPSA) is 52.7 Å². The number of hydrogen-bond acceptors (Lipinski definition) is 3. The van der Waals surface area contributed by atoms with Gasteiger partial charge in [-0.1, -0.05) is 19.1 Å². The summed E-state index contributed by atoms with van der Waals surface area (Å²) in [6, 6.07) is 7.80. The van der Waals surface area contributed by atoms with Gasteiger partial charge in [-0.3, -0.25) is 9.59 Å². The monoisotopic (exact) mass is 339 g/mol. The third kappa shape index (κ3) is 5.22. The Morgan fingerprint density at radius 2 is 1.61 bits per heavy atom. The molecule has 0 aromatic heterocycles. The number of amides is 2. The summed E-state index contributed by atoms with van der Waals surface area (Å²) in [5.41, 5.74) is 1.96. The number of carbonyl (C=O) groups is 2. The molecule has 1 N–H and O–H groups in total. The van der Waals surface area contributed by atoms with Crippen molar-refractivity contribution in [3.05, 3.63) is 35.4 Å². The van der Waals surface area contributed by atoms with E-state index in [-0.39, 0.29) is 24.2 Å². The van der Waals surface area contributed by atoms with Crippen LogP contribution in [-0.4, -0.2) is 61.4 Å². The lowest BCUT2D eigenvalue weighted by Gasteiger charge is -2.35. The number of rotatable bonds is 5. The summed E-state index contributed by atoms with van der Waals surface area (Å²) in [4.78, 5) is 28.1. The molecule has 1 saturated heterocycles. The van der Waals surface area contributed by atoms with Crippen molar-refractivity contribution in [2.24, 2.45) is 0 Å². The van der Waals surface area contributed by atoms with Gasteiger partial charge in [-0.25, -0.2) is 0 Å². The third-order valence-corrected chi connectivity index (χ3v) is 4.12. The van der Waals surface area contributed by atoms with E-state index < -0.39 is 0 Å². The third-order valence-electron chi connectivity index (χ3n) is 4.12. The maximum atomic E-state index is 12.5. The van der Waals surface area contributed by atoms with Crippen molar-refractivity contribution in [1.29, 1.82) is 0 Å². The van der Waals surface area contributed by atoms with Gasteiger partial charge >= 0.3 is 0 Å². The summed E-state index contributed by atoms with van der Waals surface area (Å²) >= 11 is 0. The summed E-state index contributed by atoms with van der Waals surface area (Å²) in [6.07, 6.45) is 1.49. The molecule has 1 fully saturated rings. The van der Waals surface area contributed by atoms with Crippen LogP contribution in [0.2, 0.25) is 0 Å². The van der Waals surface area contributed by atoms with Crippen molar-refractivity contribution in [3.63, 3.8) is 0 Å². The summed E-state index contributed by atoms with van der Waals surface area (Å²) in [5.74, 6) is 0.221. The first-order chi connectivity index (χ1) is 10.7. The number of benzene rings is 1. The second-order valence-corrected chi connectivity index (χ2v) is 5.58. The predicted molar refractivity (Wildman–Crippen MR) is 94.1 cm³/mol. The molecule has 0 spiro atoms. The molecule has 0 unspecified atom stereocenters. The second-order valence-electron chi connectivity index (χ2n) is 5.58. The zero-order chi connectivity index (χ0) is 15.9. The van der Waals surface area contributed by atoms with Crippen LogP contribution in [0.25, 0.3) is 0 Å². The highest BCUT2D eigenvalue weighted by Gasteiger charge is 2.24. The van der Waals surface area contributed by atoms with Crippen LogP contribution in [0, 0.1) is 0 Å². The fourth-order valence-corrected chi connectivity index (χ4v) is 2.61. The molecule has 0 saturated carbocycles. The fourth-order valence-electron chi connectivity index (χ4n) is 2.61. The number of carbonyl (C=O) groups excluding carboxylic acids is 2. The first kappa shape index (κ1) is 19.5. The zero-order valence-electron chi connectivity index (χ0n) is 13.9. The molecule has 0 radical (unpaired) electrons. The molecule has 6 heteroatoms. The minimum Gasteiger partial charge on any atom is -0.339 e. The molecule has 1 aliphatic heterocycles. The molecular formula is C17H26ClN3O2. The lowest BCUT2D eigenvalue weighted by molar-refractivity contribution is -0.132. The lowest BCUT2D eigenvalue weighted by Crippen LogP contribution is -2.50. The van der Waals surface area contributed by atoms with Crippen LogP contribution in [0.5, 0.6) is 0 Å². The van der Waals surface area contributed by atoms with Gasteiger partial charge in [0.2, 0.25) is 5.91 Å². The van der Waals surface area contributed by atoms with Crippen molar-refractivity contribution in [2.75, 3.05) is 39.8 Å². The van der Waals surface area contributed by atoms with E-state index in [1.54, 1.807) is 0 Å². The molecule has 1 aromatic rings. The maximum Gasteiger partial charge on any atom is 0.253 e. The standard InChI is InChI=1S/C17H25N3O2.ClH/c1-3-14-4-6-15(7-5-14)17(22)20-12-10-19(11-13-20)16(21)8-9-18-2;/h4-7,18H,3,8-13H2,1-2H3;1H. The van der Waals surface area contributed by atoms with E-state index >= 15 is 0 Å². The van der Waals surface area contributed by atoms with Crippen LogP contribution in [0.4, 0.5) is 0 Å². The Hall–Kier alpha value is -1.59. The number of hydrogen-bond donors (Lipinski definition) is 1. The Labute approximate surface area is 144 Å². The highest BCUT2D eigenvalue weighted by molar-refractivity contribution is 5.94. The highest BCUT2D eigenvalue weighted by Crippen LogP contribution is 2.11. The second kappa shape index (κ2) is 9.53. The number of piperazine rings is 1. The smallest absolute Gasteiger partial charge is 0.253 e. The van der Waals surface area contributed by atoms with Crippen LogP contribution in [0.15, 0.2) is 24.3 Å². The van der Waals surface area contributed by atoms with Crippen LogP contribution in [-0.2, 0) is 11.2 Å². The summed E-state index contributed by atoms with van der Waals surface area (Å²) in [7, 11) is 1.84. The number of nitrogens with zero attached hydrogens (tertiary/aromatic N) is 2. The van der Waals surface area contributed by atoms with Crippen LogP contribution in [0.3, 0.4) is 0 Å². The molecule has 0 atom stereocenters. The van der Waals surface area contributed by atoms with Crippen molar-refractivity contribution >= 4 is 24.2 Å². The van der Waals surface area contributed by atoms with Crippen LogP contribution in [0.1, 0.15) is 29.3 Å². The van der Waals surface area contributed by atoms with E-state index in [0.29, 0.717) is 39.1 Å². The first-order valence-electron chi connectivity index (χ1n) is 7.96. The summed E-state index contributed by atoms with van der Waals surface area (Å²) < 4.78 is 0.